The first kappa shape index (κ1) is 11.9. The van der Waals surface area contributed by atoms with Crippen molar-refractivity contribution in [3.63, 3.8) is 0 Å². The van der Waals surface area contributed by atoms with Crippen molar-refractivity contribution in [3.05, 3.63) is 47.7 Å². The molecule has 2 aromatic rings. The number of nitrogens with two attached hydrogens (primary N) is 1. The van der Waals surface area contributed by atoms with Crippen LogP contribution in [0.3, 0.4) is 0 Å². The highest BCUT2D eigenvalue weighted by Crippen LogP contribution is 2.22. The van der Waals surface area contributed by atoms with Crippen LogP contribution in [-0.2, 0) is 6.42 Å². The lowest BCUT2D eigenvalue weighted by Gasteiger charge is -2.06. The Balaban J connectivity index is 2.13. The third kappa shape index (κ3) is 2.77. The van der Waals surface area contributed by atoms with Gasteiger partial charge in [0.1, 0.15) is 5.75 Å². The molecule has 18 heavy (non-hydrogen) atoms. The minimum atomic E-state index is 0.399. The van der Waals surface area contributed by atoms with Gasteiger partial charge in [-0.05, 0) is 30.2 Å². The molecule has 1 aromatic heterocycles. The number of aromatic nitrogens is 1. The molecule has 0 radical (unpaired) electrons. The van der Waals surface area contributed by atoms with Crippen molar-refractivity contribution >= 4 is 5.69 Å². The molecule has 0 saturated heterocycles. The fraction of sp³-hybridized carbons (Fsp3) is 0.143. The molecule has 0 unspecified atom stereocenters. The highest BCUT2D eigenvalue weighted by atomic mass is 16.5. The molecule has 0 atom stereocenters. The van der Waals surface area contributed by atoms with E-state index in [1.165, 1.54) is 0 Å². The summed E-state index contributed by atoms with van der Waals surface area (Å²) < 4.78 is 5.57. The minimum Gasteiger partial charge on any atom is -0.439 e. The Morgan fingerprint density at radius 2 is 2.06 bits per heavy atom. The first-order valence-electron chi connectivity index (χ1n) is 5.55. The summed E-state index contributed by atoms with van der Waals surface area (Å²) in [6.07, 6.45) is 2.07. The van der Waals surface area contributed by atoms with Crippen LogP contribution >= 0.6 is 0 Å². The zero-order chi connectivity index (χ0) is 13.0. The Labute approximate surface area is 106 Å². The lowest BCUT2D eigenvalue weighted by molar-refractivity contribution is 0.463. The molecular formula is C14H13N3O. The molecule has 0 aliphatic carbocycles. The number of benzene rings is 1. The number of hydrogen-bond acceptors (Lipinski definition) is 4. The summed E-state index contributed by atoms with van der Waals surface area (Å²) in [6, 6.07) is 11.1. The Morgan fingerprint density at radius 1 is 1.33 bits per heavy atom. The maximum atomic E-state index is 8.58. The Bertz CT molecular complexity index is 585. The molecule has 90 valence electrons. The van der Waals surface area contributed by atoms with Crippen LogP contribution < -0.4 is 10.5 Å². The van der Waals surface area contributed by atoms with Crippen LogP contribution in [0.1, 0.15) is 11.1 Å². The highest BCUT2D eigenvalue weighted by molar-refractivity contribution is 5.47. The molecule has 1 aromatic carbocycles. The van der Waals surface area contributed by atoms with E-state index in [1.54, 1.807) is 12.3 Å². The van der Waals surface area contributed by atoms with Crippen LogP contribution in [0.5, 0.6) is 11.6 Å². The average Bonchev–Trinajstić information content (AvgIpc) is 2.37. The van der Waals surface area contributed by atoms with Crippen LogP contribution in [0.15, 0.2) is 36.5 Å². The molecule has 0 aliphatic heterocycles. The molecule has 4 nitrogen and oxygen atoms in total. The minimum absolute atomic E-state index is 0.399. The van der Waals surface area contributed by atoms with E-state index in [0.717, 1.165) is 11.1 Å². The summed E-state index contributed by atoms with van der Waals surface area (Å²) in [6.45, 7) is 1.89. The molecule has 0 fully saturated rings. The summed E-state index contributed by atoms with van der Waals surface area (Å²) in [5, 5.41) is 8.58. The van der Waals surface area contributed by atoms with E-state index in [1.807, 2.05) is 31.2 Å². The van der Waals surface area contributed by atoms with Crippen molar-refractivity contribution in [1.82, 2.24) is 4.98 Å². The quantitative estimate of drug-likeness (QED) is 0.893. The number of aryl methyl sites for hydroxylation is 1. The normalized spacial score (nSPS) is 9.78. The van der Waals surface area contributed by atoms with Crippen molar-refractivity contribution in [2.45, 2.75) is 13.3 Å². The van der Waals surface area contributed by atoms with Crippen molar-refractivity contribution in [2.24, 2.45) is 0 Å². The average molecular weight is 239 g/mol. The fourth-order valence-corrected chi connectivity index (χ4v) is 1.46. The smallest absolute Gasteiger partial charge is 0.221 e. The van der Waals surface area contributed by atoms with Gasteiger partial charge < -0.3 is 10.5 Å². The second-order valence-corrected chi connectivity index (χ2v) is 3.96. The van der Waals surface area contributed by atoms with E-state index < -0.39 is 0 Å². The molecule has 0 amide bonds. The highest BCUT2D eigenvalue weighted by Gasteiger charge is 2.01. The van der Waals surface area contributed by atoms with Gasteiger partial charge in [-0.15, -0.1) is 0 Å². The lowest BCUT2D eigenvalue weighted by atomic mass is 10.2. The van der Waals surface area contributed by atoms with Gasteiger partial charge in [0, 0.05) is 18.0 Å². The number of nitriles is 1. The Kier molecular flexibility index (Phi) is 3.44. The van der Waals surface area contributed by atoms with Crippen molar-refractivity contribution in [1.29, 1.82) is 5.26 Å². The molecule has 1 heterocycles. The van der Waals surface area contributed by atoms with Gasteiger partial charge in [0.2, 0.25) is 5.88 Å². The van der Waals surface area contributed by atoms with Crippen LogP contribution in [-0.4, -0.2) is 4.98 Å². The van der Waals surface area contributed by atoms with Crippen molar-refractivity contribution < 1.29 is 4.74 Å². The van der Waals surface area contributed by atoms with Crippen molar-refractivity contribution in [3.8, 4) is 17.7 Å². The van der Waals surface area contributed by atoms with Gasteiger partial charge in [0.15, 0.2) is 0 Å². The predicted molar refractivity (Wildman–Crippen MR) is 69.2 cm³/mol. The third-order valence-electron chi connectivity index (χ3n) is 2.55. The number of anilines is 1. The molecule has 0 spiro atoms. The fourth-order valence-electron chi connectivity index (χ4n) is 1.46. The van der Waals surface area contributed by atoms with Gasteiger partial charge in [0.25, 0.3) is 0 Å². The standard InChI is InChI=1S/C14H13N3O/c1-10-9-17-14(8-13(10)16)18-12-4-2-11(3-5-12)6-7-15/h2-5,8-9H,6H2,1H3,(H2,16,17). The van der Waals surface area contributed by atoms with Gasteiger partial charge in [-0.1, -0.05) is 12.1 Å². The molecular weight excluding hydrogens is 226 g/mol. The Morgan fingerprint density at radius 3 is 2.67 bits per heavy atom. The van der Waals surface area contributed by atoms with E-state index in [9.17, 15) is 0 Å². The van der Waals surface area contributed by atoms with Gasteiger partial charge in [-0.3, -0.25) is 0 Å². The molecule has 4 heteroatoms. The number of nitrogen functional groups attached to an aromatic ring is 1. The maximum Gasteiger partial charge on any atom is 0.221 e. The number of nitrogens with zero attached hydrogens (tertiary/aromatic N) is 2. The van der Waals surface area contributed by atoms with Crippen molar-refractivity contribution in [2.75, 3.05) is 5.73 Å². The predicted octanol–water partition coefficient (Wildman–Crippen LogP) is 2.83. The van der Waals surface area contributed by atoms with E-state index in [4.69, 9.17) is 15.7 Å². The van der Waals surface area contributed by atoms with Gasteiger partial charge >= 0.3 is 0 Å². The molecule has 0 aliphatic rings. The van der Waals surface area contributed by atoms with E-state index in [2.05, 4.69) is 11.1 Å². The van der Waals surface area contributed by atoms with Gasteiger partial charge in [-0.25, -0.2) is 4.98 Å². The first-order valence-corrected chi connectivity index (χ1v) is 5.55. The monoisotopic (exact) mass is 239 g/mol. The number of hydrogen-bond donors (Lipinski definition) is 1. The summed E-state index contributed by atoms with van der Waals surface area (Å²) >= 11 is 0. The summed E-state index contributed by atoms with van der Waals surface area (Å²) in [5.74, 6) is 1.14. The zero-order valence-corrected chi connectivity index (χ0v) is 10.1. The van der Waals surface area contributed by atoms with Crippen LogP contribution in [0, 0.1) is 18.3 Å². The van der Waals surface area contributed by atoms with Crippen LogP contribution in [0.4, 0.5) is 5.69 Å². The zero-order valence-electron chi connectivity index (χ0n) is 10.1. The largest absolute Gasteiger partial charge is 0.439 e. The second kappa shape index (κ2) is 5.19. The molecule has 0 bridgehead atoms. The topological polar surface area (TPSA) is 71.9 Å². The Hall–Kier alpha value is -2.54. The molecule has 2 N–H and O–H groups in total. The number of pyridine rings is 1. The molecule has 0 saturated carbocycles. The summed E-state index contributed by atoms with van der Waals surface area (Å²) in [7, 11) is 0. The van der Waals surface area contributed by atoms with Crippen LogP contribution in [0.25, 0.3) is 0 Å². The van der Waals surface area contributed by atoms with Gasteiger partial charge in [-0.2, -0.15) is 5.26 Å². The number of ether oxygens (including phenoxy) is 1. The lowest BCUT2D eigenvalue weighted by Crippen LogP contribution is -1.94. The maximum absolute atomic E-state index is 8.58. The summed E-state index contributed by atoms with van der Waals surface area (Å²) in [5.41, 5.74) is 8.32. The molecule has 2 rings (SSSR count). The first-order chi connectivity index (χ1) is 8.69. The van der Waals surface area contributed by atoms with Gasteiger partial charge in [0.05, 0.1) is 12.5 Å². The van der Waals surface area contributed by atoms with E-state index in [-0.39, 0.29) is 0 Å². The van der Waals surface area contributed by atoms with Crippen LogP contribution in [0.2, 0.25) is 0 Å². The number of rotatable bonds is 3. The SMILES string of the molecule is Cc1cnc(Oc2ccc(CC#N)cc2)cc1N. The van der Waals surface area contributed by atoms with E-state index in [0.29, 0.717) is 23.7 Å². The summed E-state index contributed by atoms with van der Waals surface area (Å²) in [4.78, 5) is 4.14. The second-order valence-electron chi connectivity index (χ2n) is 3.96. The van der Waals surface area contributed by atoms with E-state index >= 15 is 0 Å². The third-order valence-corrected chi connectivity index (χ3v) is 2.55.